The summed E-state index contributed by atoms with van der Waals surface area (Å²) in [7, 11) is 0. The van der Waals surface area contributed by atoms with Crippen molar-refractivity contribution in [2.45, 2.75) is 26.3 Å². The van der Waals surface area contributed by atoms with E-state index in [1.54, 1.807) is 0 Å². The van der Waals surface area contributed by atoms with E-state index in [1.165, 1.54) is 0 Å². The van der Waals surface area contributed by atoms with Gasteiger partial charge in [-0.3, -0.25) is 4.79 Å². The number of rotatable bonds is 3. The Labute approximate surface area is 55.1 Å². The molecule has 0 bridgehead atoms. The molecule has 1 amide bonds. The van der Waals surface area contributed by atoms with E-state index in [0.29, 0.717) is 0 Å². The predicted octanol–water partition coefficient (Wildman–Crippen LogP) is -0.107. The summed E-state index contributed by atoms with van der Waals surface area (Å²) in [6.45, 7) is 3.70. The van der Waals surface area contributed by atoms with Crippen LogP contribution in [0, 0.1) is 0 Å². The van der Waals surface area contributed by atoms with Crippen LogP contribution in [0.25, 0.3) is 0 Å². The molecule has 0 spiro atoms. The van der Waals surface area contributed by atoms with Crippen molar-refractivity contribution in [3.8, 4) is 0 Å². The summed E-state index contributed by atoms with van der Waals surface area (Å²) in [5.74, 6) is -0.0903. The van der Waals surface area contributed by atoms with Gasteiger partial charge in [0.05, 0.1) is 6.61 Å². The van der Waals surface area contributed by atoms with Gasteiger partial charge in [0.2, 0.25) is 5.91 Å². The summed E-state index contributed by atoms with van der Waals surface area (Å²) in [5, 5.41) is 10.9. The standard InChI is InChI=1S/C6H13NO2/c1-5(2)7-6(9)3-4-8/h5,8H,3-4H2,1-2H3,(H,7,9). The second-order valence-corrected chi connectivity index (χ2v) is 2.20. The van der Waals surface area contributed by atoms with Gasteiger partial charge >= 0.3 is 0 Å². The molecule has 3 heteroatoms. The van der Waals surface area contributed by atoms with Crippen LogP contribution >= 0.6 is 0 Å². The van der Waals surface area contributed by atoms with Crippen molar-refractivity contribution in [3.05, 3.63) is 0 Å². The Hall–Kier alpha value is -0.570. The van der Waals surface area contributed by atoms with Crippen molar-refractivity contribution >= 4 is 5.91 Å². The summed E-state index contributed by atoms with van der Waals surface area (Å²) in [4.78, 5) is 10.6. The highest BCUT2D eigenvalue weighted by Gasteiger charge is 1.99. The van der Waals surface area contributed by atoms with E-state index in [0.717, 1.165) is 0 Å². The first-order valence-electron chi connectivity index (χ1n) is 3.07. The number of carbonyl (C=O) groups is 1. The second kappa shape index (κ2) is 4.32. The van der Waals surface area contributed by atoms with Crippen molar-refractivity contribution in [2.24, 2.45) is 0 Å². The molecule has 0 aromatic rings. The molecule has 0 aromatic heterocycles. The van der Waals surface area contributed by atoms with Gasteiger partial charge < -0.3 is 10.4 Å². The largest absolute Gasteiger partial charge is 0.396 e. The van der Waals surface area contributed by atoms with Gasteiger partial charge in [-0.05, 0) is 13.8 Å². The quantitative estimate of drug-likeness (QED) is 0.561. The highest BCUT2D eigenvalue weighted by atomic mass is 16.3. The van der Waals surface area contributed by atoms with Gasteiger partial charge in [-0.1, -0.05) is 0 Å². The monoisotopic (exact) mass is 131 g/mol. The van der Waals surface area contributed by atoms with Gasteiger partial charge in [0.15, 0.2) is 0 Å². The fraction of sp³-hybridized carbons (Fsp3) is 0.833. The molecule has 0 heterocycles. The Morgan fingerprint density at radius 3 is 2.56 bits per heavy atom. The molecule has 0 radical (unpaired) electrons. The number of nitrogens with one attached hydrogen (secondary N) is 1. The van der Waals surface area contributed by atoms with E-state index in [9.17, 15) is 4.79 Å². The molecule has 0 aliphatic rings. The molecule has 0 saturated carbocycles. The Kier molecular flexibility index (Phi) is 4.05. The minimum atomic E-state index is -0.0903. The second-order valence-electron chi connectivity index (χ2n) is 2.20. The number of hydrogen-bond donors (Lipinski definition) is 2. The molecule has 9 heavy (non-hydrogen) atoms. The summed E-state index contributed by atoms with van der Waals surface area (Å²) >= 11 is 0. The molecule has 0 saturated heterocycles. The number of carbonyl (C=O) groups excluding carboxylic acids is 1. The fourth-order valence-electron chi connectivity index (χ4n) is 0.496. The minimum absolute atomic E-state index is 0.0709. The van der Waals surface area contributed by atoms with Crippen LogP contribution in [-0.4, -0.2) is 23.7 Å². The normalized spacial score (nSPS) is 9.78. The van der Waals surface area contributed by atoms with Gasteiger partial charge in [0.25, 0.3) is 0 Å². The third-order valence-corrected chi connectivity index (χ3v) is 0.789. The third kappa shape index (κ3) is 5.30. The fourth-order valence-corrected chi connectivity index (χ4v) is 0.496. The smallest absolute Gasteiger partial charge is 0.222 e. The first-order valence-corrected chi connectivity index (χ1v) is 3.07. The summed E-state index contributed by atoms with van der Waals surface area (Å²) < 4.78 is 0. The number of aliphatic hydroxyl groups is 1. The summed E-state index contributed by atoms with van der Waals surface area (Å²) in [6.07, 6.45) is 0.207. The van der Waals surface area contributed by atoms with Gasteiger partial charge in [-0.25, -0.2) is 0 Å². The minimum Gasteiger partial charge on any atom is -0.396 e. The highest BCUT2D eigenvalue weighted by Crippen LogP contribution is 1.80. The molecular formula is C6H13NO2. The van der Waals surface area contributed by atoms with E-state index in [4.69, 9.17) is 5.11 Å². The molecule has 0 rings (SSSR count). The maximum atomic E-state index is 10.6. The molecule has 0 aliphatic heterocycles. The SMILES string of the molecule is CC(C)NC(=O)CCO. The molecule has 2 N–H and O–H groups in total. The van der Waals surface area contributed by atoms with Crippen molar-refractivity contribution in [1.29, 1.82) is 0 Å². The zero-order chi connectivity index (χ0) is 7.28. The number of aliphatic hydroxyl groups excluding tert-OH is 1. The number of amides is 1. The van der Waals surface area contributed by atoms with Gasteiger partial charge in [-0.15, -0.1) is 0 Å². The average molecular weight is 131 g/mol. The van der Waals surface area contributed by atoms with E-state index >= 15 is 0 Å². The van der Waals surface area contributed by atoms with Crippen LogP contribution in [0.15, 0.2) is 0 Å². The number of hydrogen-bond acceptors (Lipinski definition) is 2. The lowest BCUT2D eigenvalue weighted by Crippen LogP contribution is -2.30. The Bertz CT molecular complexity index is 91.1. The van der Waals surface area contributed by atoms with Gasteiger partial charge in [0.1, 0.15) is 0 Å². The predicted molar refractivity (Wildman–Crippen MR) is 35.0 cm³/mol. The van der Waals surface area contributed by atoms with Crippen LogP contribution in [0.2, 0.25) is 0 Å². The molecule has 0 fully saturated rings. The van der Waals surface area contributed by atoms with Crippen molar-refractivity contribution < 1.29 is 9.90 Å². The van der Waals surface area contributed by atoms with Crippen LogP contribution in [0.5, 0.6) is 0 Å². The van der Waals surface area contributed by atoms with Crippen LogP contribution in [0.1, 0.15) is 20.3 Å². The van der Waals surface area contributed by atoms with E-state index < -0.39 is 0 Å². The van der Waals surface area contributed by atoms with Crippen molar-refractivity contribution in [2.75, 3.05) is 6.61 Å². The Morgan fingerprint density at radius 2 is 2.22 bits per heavy atom. The lowest BCUT2D eigenvalue weighted by molar-refractivity contribution is -0.122. The van der Waals surface area contributed by atoms with Crippen LogP contribution < -0.4 is 5.32 Å². The molecule has 3 nitrogen and oxygen atoms in total. The highest BCUT2D eigenvalue weighted by molar-refractivity contribution is 5.76. The molecular weight excluding hydrogens is 118 g/mol. The first kappa shape index (κ1) is 8.43. The zero-order valence-corrected chi connectivity index (χ0v) is 5.85. The average Bonchev–Trinajstić information content (AvgIpc) is 1.63. The zero-order valence-electron chi connectivity index (χ0n) is 5.85. The Balaban J connectivity index is 3.27. The van der Waals surface area contributed by atoms with E-state index in [2.05, 4.69) is 5.32 Å². The molecule has 54 valence electrons. The summed E-state index contributed by atoms with van der Waals surface area (Å²) in [6, 6.07) is 0.170. The molecule has 0 atom stereocenters. The van der Waals surface area contributed by atoms with Gasteiger partial charge in [0, 0.05) is 12.5 Å². The third-order valence-electron chi connectivity index (χ3n) is 0.789. The topological polar surface area (TPSA) is 49.3 Å². The molecule has 0 aliphatic carbocycles. The lowest BCUT2D eigenvalue weighted by atomic mass is 10.3. The van der Waals surface area contributed by atoms with Crippen LogP contribution in [0.3, 0.4) is 0 Å². The van der Waals surface area contributed by atoms with Crippen molar-refractivity contribution in [1.82, 2.24) is 5.32 Å². The maximum Gasteiger partial charge on any atom is 0.222 e. The van der Waals surface area contributed by atoms with Crippen LogP contribution in [-0.2, 0) is 4.79 Å². The van der Waals surface area contributed by atoms with E-state index in [-0.39, 0.29) is 25.0 Å². The van der Waals surface area contributed by atoms with Crippen molar-refractivity contribution in [3.63, 3.8) is 0 Å². The summed E-state index contributed by atoms with van der Waals surface area (Å²) in [5.41, 5.74) is 0. The lowest BCUT2D eigenvalue weighted by Gasteiger charge is -2.05. The van der Waals surface area contributed by atoms with Gasteiger partial charge in [-0.2, -0.15) is 0 Å². The van der Waals surface area contributed by atoms with E-state index in [1.807, 2.05) is 13.8 Å². The van der Waals surface area contributed by atoms with Crippen LogP contribution in [0.4, 0.5) is 0 Å². The Morgan fingerprint density at radius 1 is 1.67 bits per heavy atom. The molecule has 0 aromatic carbocycles. The maximum absolute atomic E-state index is 10.6. The molecule has 0 unspecified atom stereocenters. The first-order chi connectivity index (χ1) is 4.16.